The summed E-state index contributed by atoms with van der Waals surface area (Å²) in [6, 6.07) is 0. The molecule has 0 radical (unpaired) electrons. The van der Waals surface area contributed by atoms with Crippen molar-refractivity contribution in [3.63, 3.8) is 0 Å². The Morgan fingerprint density at radius 3 is 1.30 bits per heavy atom. The molecule has 27 heavy (non-hydrogen) atoms. The quantitative estimate of drug-likeness (QED) is 0.176. The van der Waals surface area contributed by atoms with Crippen LogP contribution in [0.15, 0.2) is 0 Å². The van der Waals surface area contributed by atoms with Crippen molar-refractivity contribution >= 4 is 0 Å². The highest BCUT2D eigenvalue weighted by atomic mass is 16.7. The van der Waals surface area contributed by atoms with Crippen LogP contribution in [0.4, 0.5) is 0 Å². The van der Waals surface area contributed by atoms with E-state index in [0.717, 1.165) is 6.42 Å². The molecular weight excluding hydrogens is 340 g/mol. The smallest absolute Gasteiger partial charge is 0.215 e. The van der Waals surface area contributed by atoms with E-state index in [0.29, 0.717) is 6.61 Å². The number of aliphatic hydroxyl groups is 1. The maximum atomic E-state index is 9.29. The van der Waals surface area contributed by atoms with Gasteiger partial charge in [-0.15, -0.1) is 0 Å². The normalized spacial score (nSPS) is 12.0. The molecule has 0 atom stereocenters. The van der Waals surface area contributed by atoms with Crippen LogP contribution in [0.2, 0.25) is 0 Å². The number of hydrogen-bond donors (Lipinski definition) is 1. The van der Waals surface area contributed by atoms with E-state index >= 15 is 0 Å². The summed E-state index contributed by atoms with van der Waals surface area (Å²) in [5, 5.41) is 9.29. The standard InChI is InChI=1S/C23H48O4/c1-4-5-6-7-8-9-10-11-12-13-14-15-16-17-18-19-20-27-22-23(21-24,25-2)26-3/h24H,4-22H2,1-3H3. The minimum Gasteiger partial charge on any atom is -0.391 e. The third kappa shape index (κ3) is 16.5. The topological polar surface area (TPSA) is 47.9 Å². The molecule has 0 fully saturated rings. The average molecular weight is 389 g/mol. The third-order valence-electron chi connectivity index (χ3n) is 5.45. The lowest BCUT2D eigenvalue weighted by molar-refractivity contribution is -0.252. The van der Waals surface area contributed by atoms with Gasteiger partial charge in [-0.3, -0.25) is 0 Å². The summed E-state index contributed by atoms with van der Waals surface area (Å²) in [5.74, 6) is -1.00. The van der Waals surface area contributed by atoms with E-state index in [1.165, 1.54) is 111 Å². The van der Waals surface area contributed by atoms with Gasteiger partial charge in [0.15, 0.2) is 0 Å². The molecule has 0 aliphatic carbocycles. The molecule has 4 nitrogen and oxygen atoms in total. The Bertz CT molecular complexity index is 271. The first kappa shape index (κ1) is 26.8. The highest BCUT2D eigenvalue weighted by Gasteiger charge is 2.28. The average Bonchev–Trinajstić information content (AvgIpc) is 2.70. The van der Waals surface area contributed by atoms with Gasteiger partial charge in [-0.2, -0.15) is 0 Å². The summed E-state index contributed by atoms with van der Waals surface area (Å²) in [6.07, 6.45) is 21.9. The molecule has 0 bridgehead atoms. The van der Waals surface area contributed by atoms with Crippen LogP contribution in [0.25, 0.3) is 0 Å². The van der Waals surface area contributed by atoms with E-state index in [9.17, 15) is 5.11 Å². The van der Waals surface area contributed by atoms with Crippen molar-refractivity contribution in [2.45, 2.75) is 115 Å². The van der Waals surface area contributed by atoms with Gasteiger partial charge in [0.1, 0.15) is 6.61 Å². The maximum Gasteiger partial charge on any atom is 0.215 e. The molecule has 1 N–H and O–H groups in total. The molecular formula is C23H48O4. The van der Waals surface area contributed by atoms with Crippen molar-refractivity contribution in [3.8, 4) is 0 Å². The van der Waals surface area contributed by atoms with Gasteiger partial charge in [-0.25, -0.2) is 0 Å². The van der Waals surface area contributed by atoms with Crippen LogP contribution in [-0.2, 0) is 14.2 Å². The number of rotatable bonds is 22. The highest BCUT2D eigenvalue weighted by molar-refractivity contribution is 4.66. The zero-order valence-corrected chi connectivity index (χ0v) is 18.6. The molecule has 0 saturated carbocycles. The molecule has 0 spiro atoms. The number of unbranched alkanes of at least 4 members (excludes halogenated alkanes) is 15. The molecule has 0 aromatic rings. The van der Waals surface area contributed by atoms with Crippen LogP contribution < -0.4 is 0 Å². The maximum absolute atomic E-state index is 9.29. The molecule has 0 heterocycles. The zero-order valence-electron chi connectivity index (χ0n) is 18.6. The largest absolute Gasteiger partial charge is 0.391 e. The Morgan fingerprint density at radius 2 is 0.963 bits per heavy atom. The summed E-state index contributed by atoms with van der Waals surface area (Å²) in [5.41, 5.74) is 0. The Balaban J connectivity index is 3.19. The first-order valence-corrected chi connectivity index (χ1v) is 11.5. The Labute approximate surface area is 169 Å². The van der Waals surface area contributed by atoms with Gasteiger partial charge >= 0.3 is 0 Å². The molecule has 0 saturated heterocycles. The van der Waals surface area contributed by atoms with Crippen molar-refractivity contribution in [1.29, 1.82) is 0 Å². The Kier molecular flexibility index (Phi) is 20.4. The Hall–Kier alpha value is -0.160. The molecule has 0 aromatic carbocycles. The van der Waals surface area contributed by atoms with Crippen LogP contribution in [0.3, 0.4) is 0 Å². The number of hydrogen-bond acceptors (Lipinski definition) is 4. The number of aliphatic hydroxyl groups excluding tert-OH is 1. The van der Waals surface area contributed by atoms with Crippen LogP contribution in [-0.4, -0.2) is 44.9 Å². The van der Waals surface area contributed by atoms with Gasteiger partial charge in [0.2, 0.25) is 5.79 Å². The van der Waals surface area contributed by atoms with E-state index < -0.39 is 5.79 Å². The van der Waals surface area contributed by atoms with Crippen molar-refractivity contribution < 1.29 is 19.3 Å². The van der Waals surface area contributed by atoms with Crippen molar-refractivity contribution in [2.24, 2.45) is 0 Å². The predicted octanol–water partition coefficient (Wildman–Crippen LogP) is 6.25. The molecule has 0 aliphatic rings. The molecule has 0 aliphatic heterocycles. The van der Waals surface area contributed by atoms with E-state index in [-0.39, 0.29) is 13.2 Å². The summed E-state index contributed by atoms with van der Waals surface area (Å²) in [7, 11) is 3.05. The monoisotopic (exact) mass is 388 g/mol. The third-order valence-corrected chi connectivity index (χ3v) is 5.45. The van der Waals surface area contributed by atoms with Crippen LogP contribution in [0.5, 0.6) is 0 Å². The summed E-state index contributed by atoms with van der Waals surface area (Å²) in [6.45, 7) is 3.06. The lowest BCUT2D eigenvalue weighted by Crippen LogP contribution is -2.42. The van der Waals surface area contributed by atoms with E-state index in [1.54, 1.807) is 0 Å². The van der Waals surface area contributed by atoms with Crippen LogP contribution in [0, 0.1) is 0 Å². The predicted molar refractivity (Wildman–Crippen MR) is 114 cm³/mol. The molecule has 164 valence electrons. The lowest BCUT2D eigenvalue weighted by Gasteiger charge is -2.28. The van der Waals surface area contributed by atoms with E-state index in [2.05, 4.69) is 6.92 Å². The van der Waals surface area contributed by atoms with Crippen molar-refractivity contribution in [3.05, 3.63) is 0 Å². The van der Waals surface area contributed by atoms with Gasteiger partial charge in [-0.05, 0) is 6.42 Å². The molecule has 0 amide bonds. The first-order valence-electron chi connectivity index (χ1n) is 11.5. The highest BCUT2D eigenvalue weighted by Crippen LogP contribution is 2.14. The first-order chi connectivity index (χ1) is 13.2. The SMILES string of the molecule is CCCCCCCCCCCCCCCCCCOCC(CO)(OC)OC. The number of methoxy groups -OCH3 is 2. The van der Waals surface area contributed by atoms with Gasteiger partial charge in [-0.1, -0.05) is 103 Å². The molecule has 0 unspecified atom stereocenters. The number of ether oxygens (including phenoxy) is 3. The van der Waals surface area contributed by atoms with Gasteiger partial charge in [0, 0.05) is 20.8 Å². The second-order valence-corrected chi connectivity index (χ2v) is 7.83. The van der Waals surface area contributed by atoms with Crippen LogP contribution >= 0.6 is 0 Å². The van der Waals surface area contributed by atoms with E-state index in [1.807, 2.05) is 0 Å². The fourth-order valence-electron chi connectivity index (χ4n) is 3.36. The van der Waals surface area contributed by atoms with Gasteiger partial charge in [0.05, 0.1) is 6.61 Å². The van der Waals surface area contributed by atoms with Gasteiger partial charge in [0.25, 0.3) is 0 Å². The fourth-order valence-corrected chi connectivity index (χ4v) is 3.36. The van der Waals surface area contributed by atoms with Gasteiger partial charge < -0.3 is 19.3 Å². The molecule has 0 aromatic heterocycles. The van der Waals surface area contributed by atoms with Crippen molar-refractivity contribution in [1.82, 2.24) is 0 Å². The van der Waals surface area contributed by atoms with Crippen LogP contribution in [0.1, 0.15) is 110 Å². The summed E-state index contributed by atoms with van der Waals surface area (Å²) >= 11 is 0. The lowest BCUT2D eigenvalue weighted by atomic mass is 10.0. The second kappa shape index (κ2) is 20.6. The zero-order chi connectivity index (χ0) is 20.1. The fraction of sp³-hybridized carbons (Fsp3) is 1.00. The summed E-state index contributed by atoms with van der Waals surface area (Å²) in [4.78, 5) is 0. The summed E-state index contributed by atoms with van der Waals surface area (Å²) < 4.78 is 15.9. The minimum atomic E-state index is -1.00. The molecule has 4 heteroatoms. The minimum absolute atomic E-state index is 0.195. The molecule has 0 rings (SSSR count). The Morgan fingerprint density at radius 1 is 0.593 bits per heavy atom. The van der Waals surface area contributed by atoms with Crippen molar-refractivity contribution in [2.75, 3.05) is 34.0 Å². The second-order valence-electron chi connectivity index (χ2n) is 7.83. The van der Waals surface area contributed by atoms with E-state index in [4.69, 9.17) is 14.2 Å².